The van der Waals surface area contributed by atoms with E-state index in [4.69, 9.17) is 4.74 Å². The standard InChI is InChI=1S/C19H23NO3S2/c1-4-23-19(22)18-14(3)12-17(25-18)20-16(21)6-5-11-24-15-9-7-13(2)8-10-15/h7-10,12H,4-6,11H2,1-3H3,(H,20,21). The van der Waals surface area contributed by atoms with Gasteiger partial charge in [-0.1, -0.05) is 17.7 Å². The van der Waals surface area contributed by atoms with Gasteiger partial charge in [0.25, 0.3) is 0 Å². The lowest BCUT2D eigenvalue weighted by Crippen LogP contribution is -2.10. The fourth-order valence-corrected chi connectivity index (χ4v) is 4.04. The van der Waals surface area contributed by atoms with E-state index in [2.05, 4.69) is 36.5 Å². The highest BCUT2D eigenvalue weighted by atomic mass is 32.2. The number of hydrogen-bond acceptors (Lipinski definition) is 5. The SMILES string of the molecule is CCOC(=O)c1sc(NC(=O)CCCSc2ccc(C)cc2)cc1C. The maximum atomic E-state index is 12.1. The van der Waals surface area contributed by atoms with Crippen LogP contribution in [0.2, 0.25) is 0 Å². The first-order valence-electron chi connectivity index (χ1n) is 8.26. The zero-order valence-corrected chi connectivity index (χ0v) is 16.4. The summed E-state index contributed by atoms with van der Waals surface area (Å²) in [5.41, 5.74) is 2.07. The quantitative estimate of drug-likeness (QED) is 0.397. The van der Waals surface area contributed by atoms with Crippen LogP contribution in [0.1, 0.15) is 40.6 Å². The molecule has 1 aromatic heterocycles. The molecule has 2 aromatic rings. The molecule has 0 bridgehead atoms. The molecule has 0 spiro atoms. The molecule has 1 amide bonds. The topological polar surface area (TPSA) is 55.4 Å². The number of carbonyl (C=O) groups excluding carboxylic acids is 2. The third-order valence-corrected chi connectivity index (χ3v) is 5.71. The number of carbonyl (C=O) groups is 2. The summed E-state index contributed by atoms with van der Waals surface area (Å²) < 4.78 is 5.01. The normalized spacial score (nSPS) is 10.5. The van der Waals surface area contributed by atoms with Crippen molar-refractivity contribution in [1.29, 1.82) is 0 Å². The van der Waals surface area contributed by atoms with Gasteiger partial charge >= 0.3 is 5.97 Å². The van der Waals surface area contributed by atoms with Crippen molar-refractivity contribution in [3.8, 4) is 0 Å². The summed E-state index contributed by atoms with van der Waals surface area (Å²) in [6.45, 7) is 6.03. The van der Waals surface area contributed by atoms with E-state index in [0.29, 0.717) is 22.9 Å². The monoisotopic (exact) mass is 377 g/mol. The first kappa shape index (κ1) is 19.5. The number of ether oxygens (including phenoxy) is 1. The second kappa shape index (κ2) is 9.63. The Morgan fingerprint density at radius 1 is 1.20 bits per heavy atom. The van der Waals surface area contributed by atoms with E-state index in [1.54, 1.807) is 18.7 Å². The fourth-order valence-electron chi connectivity index (χ4n) is 2.20. The number of hydrogen-bond donors (Lipinski definition) is 1. The third kappa shape index (κ3) is 6.21. The van der Waals surface area contributed by atoms with Gasteiger partial charge in [0.2, 0.25) is 5.91 Å². The Labute approximate surface area is 157 Å². The van der Waals surface area contributed by atoms with E-state index >= 15 is 0 Å². The smallest absolute Gasteiger partial charge is 0.348 e. The summed E-state index contributed by atoms with van der Waals surface area (Å²) in [7, 11) is 0. The molecular weight excluding hydrogens is 354 g/mol. The maximum absolute atomic E-state index is 12.1. The van der Waals surface area contributed by atoms with Gasteiger partial charge < -0.3 is 10.1 Å². The molecule has 0 unspecified atom stereocenters. The van der Waals surface area contributed by atoms with Gasteiger partial charge in [0.05, 0.1) is 11.6 Å². The minimum Gasteiger partial charge on any atom is -0.462 e. The summed E-state index contributed by atoms with van der Waals surface area (Å²) in [6.07, 6.45) is 1.27. The highest BCUT2D eigenvalue weighted by molar-refractivity contribution is 7.99. The number of benzene rings is 1. The zero-order valence-electron chi connectivity index (χ0n) is 14.8. The zero-order chi connectivity index (χ0) is 18.2. The van der Waals surface area contributed by atoms with E-state index in [9.17, 15) is 9.59 Å². The number of esters is 1. The molecule has 0 aliphatic carbocycles. The average molecular weight is 378 g/mol. The van der Waals surface area contributed by atoms with Crippen LogP contribution in [-0.4, -0.2) is 24.2 Å². The Morgan fingerprint density at radius 2 is 1.92 bits per heavy atom. The number of amides is 1. The summed E-state index contributed by atoms with van der Waals surface area (Å²) >= 11 is 3.02. The van der Waals surface area contributed by atoms with Crippen molar-refractivity contribution in [3.05, 3.63) is 46.3 Å². The number of nitrogens with one attached hydrogen (secondary N) is 1. The average Bonchev–Trinajstić information content (AvgIpc) is 2.94. The van der Waals surface area contributed by atoms with Crippen LogP contribution in [0.25, 0.3) is 0 Å². The molecule has 1 N–H and O–H groups in total. The third-order valence-electron chi connectivity index (χ3n) is 3.48. The lowest BCUT2D eigenvalue weighted by molar-refractivity contribution is -0.116. The van der Waals surface area contributed by atoms with Gasteiger partial charge in [-0.2, -0.15) is 0 Å². The Morgan fingerprint density at radius 3 is 2.60 bits per heavy atom. The summed E-state index contributed by atoms with van der Waals surface area (Å²) in [4.78, 5) is 25.6. The van der Waals surface area contributed by atoms with Gasteiger partial charge in [-0.3, -0.25) is 4.79 Å². The van der Waals surface area contributed by atoms with Crippen molar-refractivity contribution in [2.75, 3.05) is 17.7 Å². The Balaban J connectivity index is 1.75. The molecule has 1 heterocycles. The molecule has 0 radical (unpaired) electrons. The maximum Gasteiger partial charge on any atom is 0.348 e. The molecule has 0 aliphatic rings. The van der Waals surface area contributed by atoms with Gasteiger partial charge in [0.1, 0.15) is 4.88 Å². The van der Waals surface area contributed by atoms with Crippen LogP contribution in [0.3, 0.4) is 0 Å². The first-order chi connectivity index (χ1) is 12.0. The van der Waals surface area contributed by atoms with Gasteiger partial charge in [-0.05, 0) is 56.7 Å². The van der Waals surface area contributed by atoms with Crippen LogP contribution in [0.15, 0.2) is 35.2 Å². The molecule has 0 saturated carbocycles. The summed E-state index contributed by atoms with van der Waals surface area (Å²) in [6, 6.07) is 10.2. The summed E-state index contributed by atoms with van der Waals surface area (Å²) in [5, 5.41) is 3.56. The molecule has 25 heavy (non-hydrogen) atoms. The number of anilines is 1. The van der Waals surface area contributed by atoms with E-state index in [-0.39, 0.29) is 11.9 Å². The molecular formula is C19H23NO3S2. The lowest BCUT2D eigenvalue weighted by atomic mass is 10.2. The molecule has 0 aliphatic heterocycles. The van der Waals surface area contributed by atoms with Crippen molar-refractivity contribution in [2.45, 2.75) is 38.5 Å². The highest BCUT2D eigenvalue weighted by Crippen LogP contribution is 2.27. The Hall–Kier alpha value is -1.79. The molecule has 4 nitrogen and oxygen atoms in total. The van der Waals surface area contributed by atoms with Crippen LogP contribution in [0.5, 0.6) is 0 Å². The lowest BCUT2D eigenvalue weighted by Gasteiger charge is -2.03. The first-order valence-corrected chi connectivity index (χ1v) is 10.1. The minimum atomic E-state index is -0.333. The minimum absolute atomic E-state index is 0.0267. The van der Waals surface area contributed by atoms with E-state index in [1.807, 2.05) is 13.0 Å². The molecule has 0 atom stereocenters. The number of rotatable bonds is 8. The van der Waals surface area contributed by atoms with Crippen LogP contribution < -0.4 is 5.32 Å². The van der Waals surface area contributed by atoms with Crippen molar-refractivity contribution in [2.24, 2.45) is 0 Å². The van der Waals surface area contributed by atoms with Gasteiger partial charge in [-0.15, -0.1) is 23.1 Å². The van der Waals surface area contributed by atoms with Crippen molar-refractivity contribution in [3.63, 3.8) is 0 Å². The van der Waals surface area contributed by atoms with Crippen molar-refractivity contribution < 1.29 is 14.3 Å². The number of thiophene rings is 1. The number of thioether (sulfide) groups is 1. The van der Waals surface area contributed by atoms with Crippen LogP contribution in [0, 0.1) is 13.8 Å². The van der Waals surface area contributed by atoms with Crippen LogP contribution >= 0.6 is 23.1 Å². The second-order valence-corrected chi connectivity index (χ2v) is 7.88. The van der Waals surface area contributed by atoms with Crippen molar-refractivity contribution >= 4 is 40.0 Å². The Kier molecular flexibility index (Phi) is 7.52. The van der Waals surface area contributed by atoms with Crippen LogP contribution in [0.4, 0.5) is 5.00 Å². The highest BCUT2D eigenvalue weighted by Gasteiger charge is 2.15. The van der Waals surface area contributed by atoms with Crippen molar-refractivity contribution in [1.82, 2.24) is 0 Å². The van der Waals surface area contributed by atoms with Gasteiger partial charge in [-0.25, -0.2) is 4.79 Å². The largest absolute Gasteiger partial charge is 0.462 e. The fraction of sp³-hybridized carbons (Fsp3) is 0.368. The summed E-state index contributed by atoms with van der Waals surface area (Å²) in [5.74, 6) is 0.537. The second-order valence-electron chi connectivity index (χ2n) is 5.66. The van der Waals surface area contributed by atoms with Crippen LogP contribution in [-0.2, 0) is 9.53 Å². The van der Waals surface area contributed by atoms with E-state index in [1.165, 1.54) is 21.8 Å². The molecule has 6 heteroatoms. The molecule has 1 aromatic carbocycles. The Bertz CT molecular complexity index is 723. The van der Waals surface area contributed by atoms with E-state index < -0.39 is 0 Å². The predicted molar refractivity (Wildman–Crippen MR) is 105 cm³/mol. The molecule has 0 fully saturated rings. The molecule has 2 rings (SSSR count). The molecule has 0 saturated heterocycles. The van der Waals surface area contributed by atoms with Gasteiger partial charge in [0.15, 0.2) is 0 Å². The molecule has 134 valence electrons. The number of aryl methyl sites for hydroxylation is 2. The predicted octanol–water partition coefficient (Wildman–Crippen LogP) is 5.05. The van der Waals surface area contributed by atoms with Gasteiger partial charge in [0, 0.05) is 11.3 Å². The van der Waals surface area contributed by atoms with E-state index in [0.717, 1.165) is 17.7 Å².